The maximum atomic E-state index is 12.0. The van der Waals surface area contributed by atoms with Crippen LogP contribution in [0.1, 0.15) is 30.1 Å². The molecule has 1 aliphatic rings. The molecular weight excluding hydrogens is 276 g/mol. The van der Waals surface area contributed by atoms with Gasteiger partial charge < -0.3 is 20.7 Å². The third-order valence-electron chi connectivity index (χ3n) is 3.75. The van der Waals surface area contributed by atoms with Crippen LogP contribution in [-0.2, 0) is 4.74 Å². The quantitative estimate of drug-likeness (QED) is 0.794. The number of rotatable bonds is 7. The summed E-state index contributed by atoms with van der Waals surface area (Å²) in [6.07, 6.45) is 2.49. The van der Waals surface area contributed by atoms with Crippen LogP contribution in [0.4, 0.5) is 10.8 Å². The van der Waals surface area contributed by atoms with Gasteiger partial charge in [-0.3, -0.25) is 4.79 Å². The number of nitrogens with two attached hydrogens (primary N) is 1. The molecule has 7 heteroatoms. The second-order valence-electron chi connectivity index (χ2n) is 5.09. The van der Waals surface area contributed by atoms with Crippen LogP contribution in [0.3, 0.4) is 0 Å². The maximum Gasteiger partial charge on any atom is 0.257 e. The lowest BCUT2D eigenvalue weighted by Crippen LogP contribution is -2.38. The molecule has 20 heavy (non-hydrogen) atoms. The van der Waals surface area contributed by atoms with E-state index in [1.165, 1.54) is 24.4 Å². The van der Waals surface area contributed by atoms with Crippen molar-refractivity contribution in [1.82, 2.24) is 9.69 Å². The molecule has 1 amide bonds. The highest BCUT2D eigenvalue weighted by atomic mass is 32.1. The lowest BCUT2D eigenvalue weighted by Gasteiger charge is -2.30. The van der Waals surface area contributed by atoms with Gasteiger partial charge in [-0.2, -0.15) is 4.37 Å². The first kappa shape index (κ1) is 15.1. The highest BCUT2D eigenvalue weighted by molar-refractivity contribution is 7.11. The first-order chi connectivity index (χ1) is 9.60. The Kier molecular flexibility index (Phi) is 4.82. The molecule has 1 unspecified atom stereocenters. The molecule has 0 spiro atoms. The van der Waals surface area contributed by atoms with Gasteiger partial charge >= 0.3 is 0 Å². The van der Waals surface area contributed by atoms with Gasteiger partial charge in [0, 0.05) is 26.7 Å². The number of carbonyl (C=O) groups is 1. The number of carbonyl (C=O) groups excluding carboxylic acids is 1. The van der Waals surface area contributed by atoms with Gasteiger partial charge in [0.1, 0.15) is 10.6 Å². The molecule has 1 fully saturated rings. The largest absolute Gasteiger partial charge is 0.383 e. The van der Waals surface area contributed by atoms with Crippen molar-refractivity contribution < 1.29 is 9.53 Å². The van der Waals surface area contributed by atoms with Crippen LogP contribution in [-0.4, -0.2) is 43.6 Å². The van der Waals surface area contributed by atoms with Gasteiger partial charge in [0.15, 0.2) is 5.82 Å². The highest BCUT2D eigenvalue weighted by Crippen LogP contribution is 2.40. The molecule has 3 N–H and O–H groups in total. The fraction of sp³-hybridized carbons (Fsp3) is 0.692. The summed E-state index contributed by atoms with van der Waals surface area (Å²) in [5.74, 6) is 0.805. The molecule has 1 aromatic rings. The van der Waals surface area contributed by atoms with Crippen LogP contribution in [0.15, 0.2) is 0 Å². The van der Waals surface area contributed by atoms with E-state index in [0.29, 0.717) is 29.9 Å². The lowest BCUT2D eigenvalue weighted by molar-refractivity contribution is 0.0964. The summed E-state index contributed by atoms with van der Waals surface area (Å²) in [7, 11) is 3.29. The van der Waals surface area contributed by atoms with Crippen LogP contribution in [0.2, 0.25) is 0 Å². The number of hydrogen-bond donors (Lipinski definition) is 2. The Morgan fingerprint density at radius 1 is 1.65 bits per heavy atom. The van der Waals surface area contributed by atoms with Crippen LogP contribution in [0.25, 0.3) is 0 Å². The number of ether oxygens (including phenoxy) is 1. The summed E-state index contributed by atoms with van der Waals surface area (Å²) < 4.78 is 9.34. The number of nitrogen functional groups attached to an aromatic ring is 1. The Balaban J connectivity index is 2.29. The predicted molar refractivity (Wildman–Crippen MR) is 81.3 cm³/mol. The van der Waals surface area contributed by atoms with Crippen LogP contribution in [0, 0.1) is 5.92 Å². The molecule has 1 aromatic heterocycles. The van der Waals surface area contributed by atoms with Gasteiger partial charge in [-0.25, -0.2) is 0 Å². The van der Waals surface area contributed by atoms with Gasteiger partial charge in [-0.1, -0.05) is 0 Å². The van der Waals surface area contributed by atoms with E-state index < -0.39 is 0 Å². The van der Waals surface area contributed by atoms with Gasteiger partial charge in [0.05, 0.1) is 6.61 Å². The monoisotopic (exact) mass is 298 g/mol. The van der Waals surface area contributed by atoms with E-state index in [4.69, 9.17) is 10.5 Å². The molecule has 0 radical (unpaired) electrons. The Labute approximate surface area is 123 Å². The SMILES string of the molecule is CNC(=O)c1c(N)nsc1N(CCOC)C(C)C1CC1. The zero-order valence-corrected chi connectivity index (χ0v) is 13.0. The number of methoxy groups -OCH3 is 1. The summed E-state index contributed by atoms with van der Waals surface area (Å²) >= 11 is 1.29. The zero-order valence-electron chi connectivity index (χ0n) is 12.2. The third-order valence-corrected chi connectivity index (χ3v) is 4.65. The molecule has 1 heterocycles. The van der Waals surface area contributed by atoms with E-state index in [0.717, 1.165) is 11.5 Å². The topological polar surface area (TPSA) is 80.5 Å². The fourth-order valence-electron chi connectivity index (χ4n) is 2.34. The normalized spacial score (nSPS) is 15.9. The van der Waals surface area contributed by atoms with Crippen molar-refractivity contribution in [2.75, 3.05) is 37.9 Å². The molecule has 0 bridgehead atoms. The predicted octanol–water partition coefficient (Wildman–Crippen LogP) is 1.34. The second kappa shape index (κ2) is 6.41. The van der Waals surface area contributed by atoms with E-state index in [-0.39, 0.29) is 5.91 Å². The lowest BCUT2D eigenvalue weighted by atomic mass is 10.1. The summed E-state index contributed by atoms with van der Waals surface area (Å²) in [6, 6.07) is 0.369. The minimum absolute atomic E-state index is 0.184. The van der Waals surface area contributed by atoms with E-state index in [2.05, 4.69) is 21.5 Å². The number of amides is 1. The standard InChI is InChI=1S/C13H22N4O2S/c1-8(9-4-5-9)17(6-7-19-3)13-10(12(18)15-2)11(14)16-20-13/h8-9H,4-7H2,1-3H3,(H2,14,16)(H,15,18). The molecule has 112 valence electrons. The second-order valence-corrected chi connectivity index (χ2v) is 5.84. The van der Waals surface area contributed by atoms with Crippen LogP contribution >= 0.6 is 11.5 Å². The number of aromatic nitrogens is 1. The first-order valence-corrected chi connectivity index (χ1v) is 7.60. The summed E-state index contributed by atoms with van der Waals surface area (Å²) in [6.45, 7) is 3.54. The van der Waals surface area contributed by atoms with Crippen molar-refractivity contribution in [2.24, 2.45) is 5.92 Å². The molecule has 0 aromatic carbocycles. The summed E-state index contributed by atoms with van der Waals surface area (Å²) in [4.78, 5) is 14.2. The number of nitrogens with one attached hydrogen (secondary N) is 1. The van der Waals surface area contributed by atoms with Gasteiger partial charge in [-0.15, -0.1) is 0 Å². The van der Waals surface area contributed by atoms with E-state index in [1.807, 2.05) is 0 Å². The van der Waals surface area contributed by atoms with Crippen molar-refractivity contribution in [3.63, 3.8) is 0 Å². The molecular formula is C13H22N4O2S. The van der Waals surface area contributed by atoms with Gasteiger partial charge in [-0.05, 0) is 37.2 Å². The maximum absolute atomic E-state index is 12.0. The Hall–Kier alpha value is -1.34. The number of nitrogens with zero attached hydrogens (tertiary/aromatic N) is 2. The minimum Gasteiger partial charge on any atom is -0.383 e. The molecule has 0 aliphatic heterocycles. The summed E-state index contributed by atoms with van der Waals surface area (Å²) in [5, 5.41) is 3.48. The first-order valence-electron chi connectivity index (χ1n) is 6.83. The van der Waals surface area contributed by atoms with E-state index in [9.17, 15) is 4.79 Å². The fourth-order valence-corrected chi connectivity index (χ4v) is 3.27. The average molecular weight is 298 g/mol. The average Bonchev–Trinajstić information content (AvgIpc) is 3.22. The molecule has 1 atom stereocenters. The summed E-state index contributed by atoms with van der Waals surface area (Å²) in [5.41, 5.74) is 6.34. The highest BCUT2D eigenvalue weighted by Gasteiger charge is 2.34. The van der Waals surface area contributed by atoms with E-state index in [1.54, 1.807) is 14.2 Å². The van der Waals surface area contributed by atoms with Crippen LogP contribution in [0.5, 0.6) is 0 Å². The minimum atomic E-state index is -0.184. The van der Waals surface area contributed by atoms with Crippen molar-refractivity contribution in [1.29, 1.82) is 0 Å². The number of anilines is 2. The van der Waals surface area contributed by atoms with Crippen molar-refractivity contribution >= 4 is 28.3 Å². The molecule has 6 nitrogen and oxygen atoms in total. The molecule has 1 saturated carbocycles. The smallest absolute Gasteiger partial charge is 0.257 e. The van der Waals surface area contributed by atoms with Crippen LogP contribution < -0.4 is 16.0 Å². The Morgan fingerprint density at radius 2 is 2.35 bits per heavy atom. The van der Waals surface area contributed by atoms with Crippen molar-refractivity contribution in [3.8, 4) is 0 Å². The molecule has 2 rings (SSSR count). The van der Waals surface area contributed by atoms with Crippen molar-refractivity contribution in [2.45, 2.75) is 25.8 Å². The van der Waals surface area contributed by atoms with Gasteiger partial charge in [0.25, 0.3) is 5.91 Å². The number of hydrogen-bond acceptors (Lipinski definition) is 6. The Bertz CT molecular complexity index is 473. The zero-order chi connectivity index (χ0) is 14.7. The Morgan fingerprint density at radius 3 is 2.90 bits per heavy atom. The molecule has 0 saturated heterocycles. The van der Waals surface area contributed by atoms with Crippen molar-refractivity contribution in [3.05, 3.63) is 5.56 Å². The third kappa shape index (κ3) is 3.04. The molecule has 1 aliphatic carbocycles. The van der Waals surface area contributed by atoms with E-state index >= 15 is 0 Å². The van der Waals surface area contributed by atoms with Gasteiger partial charge in [0.2, 0.25) is 0 Å².